The van der Waals surface area contributed by atoms with Crippen molar-refractivity contribution >= 4 is 0 Å². The zero-order valence-electron chi connectivity index (χ0n) is 11.0. The molecule has 94 valence electrons. The summed E-state index contributed by atoms with van der Waals surface area (Å²) < 4.78 is 0. The molecule has 1 saturated heterocycles. The van der Waals surface area contributed by atoms with Gasteiger partial charge in [0.25, 0.3) is 0 Å². The zero-order chi connectivity index (χ0) is 11.4. The van der Waals surface area contributed by atoms with E-state index in [9.17, 15) is 0 Å². The second-order valence-corrected chi connectivity index (χ2v) is 5.60. The van der Waals surface area contributed by atoms with E-state index in [-0.39, 0.29) is 0 Å². The number of rotatable bonds is 7. The number of hydrogen-bond acceptors (Lipinski definition) is 2. The summed E-state index contributed by atoms with van der Waals surface area (Å²) in [4.78, 5) is 2.78. The van der Waals surface area contributed by atoms with Crippen LogP contribution in [0.15, 0.2) is 0 Å². The zero-order valence-corrected chi connectivity index (χ0v) is 11.0. The average molecular weight is 224 g/mol. The summed E-state index contributed by atoms with van der Waals surface area (Å²) in [6.07, 6.45) is 8.38. The average Bonchev–Trinajstić information content (AvgIpc) is 2.97. The monoisotopic (exact) mass is 224 g/mol. The van der Waals surface area contributed by atoms with E-state index >= 15 is 0 Å². The topological polar surface area (TPSA) is 15.3 Å². The molecule has 1 aliphatic heterocycles. The molecule has 2 aliphatic rings. The molecular weight excluding hydrogens is 196 g/mol. The van der Waals surface area contributed by atoms with Crippen molar-refractivity contribution in [1.29, 1.82) is 0 Å². The number of nitrogens with one attached hydrogen (secondary N) is 1. The van der Waals surface area contributed by atoms with Crippen LogP contribution in [0, 0.1) is 5.92 Å². The van der Waals surface area contributed by atoms with Gasteiger partial charge in [-0.25, -0.2) is 0 Å². The van der Waals surface area contributed by atoms with Crippen LogP contribution in [-0.4, -0.2) is 36.6 Å². The van der Waals surface area contributed by atoms with Gasteiger partial charge in [-0.05, 0) is 57.5 Å². The second-order valence-electron chi connectivity index (χ2n) is 5.60. The van der Waals surface area contributed by atoms with Crippen molar-refractivity contribution in [3.63, 3.8) is 0 Å². The van der Waals surface area contributed by atoms with Gasteiger partial charge in [-0.1, -0.05) is 13.8 Å². The normalized spacial score (nSPS) is 27.6. The van der Waals surface area contributed by atoms with Crippen LogP contribution in [0.2, 0.25) is 0 Å². The van der Waals surface area contributed by atoms with Crippen LogP contribution < -0.4 is 5.32 Å². The molecule has 1 heterocycles. The van der Waals surface area contributed by atoms with Crippen molar-refractivity contribution < 1.29 is 0 Å². The predicted octanol–water partition coefficient (Wildman–Crippen LogP) is 2.64. The molecule has 16 heavy (non-hydrogen) atoms. The van der Waals surface area contributed by atoms with Crippen LogP contribution in [-0.2, 0) is 0 Å². The molecule has 2 rings (SSSR count). The van der Waals surface area contributed by atoms with Crippen LogP contribution in [0.1, 0.15) is 52.4 Å². The van der Waals surface area contributed by atoms with Crippen LogP contribution in [0.5, 0.6) is 0 Å². The summed E-state index contributed by atoms with van der Waals surface area (Å²) >= 11 is 0. The Morgan fingerprint density at radius 2 is 2.06 bits per heavy atom. The lowest BCUT2D eigenvalue weighted by molar-refractivity contribution is 0.157. The first kappa shape index (κ1) is 12.4. The number of hydrogen-bond donors (Lipinski definition) is 1. The summed E-state index contributed by atoms with van der Waals surface area (Å²) in [7, 11) is 0. The summed E-state index contributed by atoms with van der Waals surface area (Å²) in [6.45, 7) is 8.52. The molecule has 0 amide bonds. The van der Waals surface area contributed by atoms with E-state index in [4.69, 9.17) is 0 Å². The Labute approximate surface area is 101 Å². The fourth-order valence-electron chi connectivity index (χ4n) is 3.25. The quantitative estimate of drug-likeness (QED) is 0.715. The summed E-state index contributed by atoms with van der Waals surface area (Å²) in [5.74, 6) is 1.03. The summed E-state index contributed by atoms with van der Waals surface area (Å²) in [5, 5.41) is 3.64. The molecule has 1 saturated carbocycles. The van der Waals surface area contributed by atoms with E-state index in [1.54, 1.807) is 0 Å². The minimum Gasteiger partial charge on any atom is -0.313 e. The molecule has 1 N–H and O–H groups in total. The molecule has 2 nitrogen and oxygen atoms in total. The van der Waals surface area contributed by atoms with Gasteiger partial charge in [0.05, 0.1) is 0 Å². The van der Waals surface area contributed by atoms with Crippen molar-refractivity contribution in [2.45, 2.75) is 64.5 Å². The minimum absolute atomic E-state index is 0.777. The van der Waals surface area contributed by atoms with Gasteiger partial charge in [0.1, 0.15) is 0 Å². The minimum atomic E-state index is 0.777. The van der Waals surface area contributed by atoms with E-state index in [2.05, 4.69) is 24.1 Å². The molecule has 0 aromatic carbocycles. The van der Waals surface area contributed by atoms with Gasteiger partial charge in [0, 0.05) is 18.6 Å². The Hall–Kier alpha value is -0.0800. The summed E-state index contributed by atoms with van der Waals surface area (Å²) in [5.41, 5.74) is 0. The van der Waals surface area contributed by atoms with Crippen molar-refractivity contribution in [2.75, 3.05) is 19.6 Å². The summed E-state index contributed by atoms with van der Waals surface area (Å²) in [6, 6.07) is 1.65. The van der Waals surface area contributed by atoms with Crippen LogP contribution in [0.3, 0.4) is 0 Å². The van der Waals surface area contributed by atoms with Gasteiger partial charge in [0.2, 0.25) is 0 Å². The van der Waals surface area contributed by atoms with Gasteiger partial charge in [-0.15, -0.1) is 0 Å². The molecule has 0 radical (unpaired) electrons. The van der Waals surface area contributed by atoms with Crippen molar-refractivity contribution in [3.05, 3.63) is 0 Å². The molecule has 2 fully saturated rings. The highest BCUT2D eigenvalue weighted by atomic mass is 15.2. The lowest BCUT2D eigenvalue weighted by atomic mass is 10.1. The largest absolute Gasteiger partial charge is 0.313 e. The van der Waals surface area contributed by atoms with Crippen molar-refractivity contribution in [1.82, 2.24) is 10.2 Å². The van der Waals surface area contributed by atoms with E-state index in [0.717, 1.165) is 18.0 Å². The highest BCUT2D eigenvalue weighted by Gasteiger charge is 2.34. The maximum Gasteiger partial charge on any atom is 0.0195 e. The molecule has 0 aromatic heterocycles. The molecule has 1 aliphatic carbocycles. The molecule has 2 atom stereocenters. The Kier molecular flexibility index (Phi) is 4.66. The first-order chi connectivity index (χ1) is 7.85. The first-order valence-corrected chi connectivity index (χ1v) is 7.32. The number of nitrogens with zero attached hydrogens (tertiary/aromatic N) is 1. The third kappa shape index (κ3) is 3.21. The first-order valence-electron chi connectivity index (χ1n) is 7.32. The smallest absolute Gasteiger partial charge is 0.0195 e. The van der Waals surface area contributed by atoms with E-state index in [1.807, 2.05) is 0 Å². The molecular formula is C14H28N2. The van der Waals surface area contributed by atoms with Gasteiger partial charge in [-0.2, -0.15) is 0 Å². The third-order valence-corrected chi connectivity index (χ3v) is 4.18. The lowest BCUT2D eigenvalue weighted by Gasteiger charge is -2.33. The van der Waals surface area contributed by atoms with Crippen molar-refractivity contribution in [3.8, 4) is 0 Å². The fraction of sp³-hybridized carbons (Fsp3) is 1.00. The molecule has 0 spiro atoms. The molecule has 2 unspecified atom stereocenters. The van der Waals surface area contributed by atoms with Crippen LogP contribution in [0.4, 0.5) is 0 Å². The van der Waals surface area contributed by atoms with E-state index in [1.165, 1.54) is 58.2 Å². The van der Waals surface area contributed by atoms with Gasteiger partial charge in [0.15, 0.2) is 0 Å². The van der Waals surface area contributed by atoms with Crippen molar-refractivity contribution in [2.24, 2.45) is 5.92 Å². The Bertz CT molecular complexity index is 195. The fourth-order valence-corrected chi connectivity index (χ4v) is 3.25. The van der Waals surface area contributed by atoms with E-state index < -0.39 is 0 Å². The Morgan fingerprint density at radius 1 is 1.25 bits per heavy atom. The lowest BCUT2D eigenvalue weighted by Crippen LogP contribution is -2.44. The van der Waals surface area contributed by atoms with Crippen LogP contribution in [0.25, 0.3) is 0 Å². The Morgan fingerprint density at radius 3 is 2.56 bits per heavy atom. The maximum atomic E-state index is 3.64. The molecule has 2 heteroatoms. The SMILES string of the molecule is CCCN(CC1CCCN1)C(CC)C1CC1. The standard InChI is InChI=1S/C14H28N2/c1-3-10-16(11-13-6-5-9-15-13)14(4-2)12-7-8-12/h12-15H,3-11H2,1-2H3. The van der Waals surface area contributed by atoms with Crippen LogP contribution >= 0.6 is 0 Å². The predicted molar refractivity (Wildman–Crippen MR) is 69.7 cm³/mol. The molecule has 0 aromatic rings. The molecule has 0 bridgehead atoms. The van der Waals surface area contributed by atoms with Gasteiger partial charge >= 0.3 is 0 Å². The highest BCUT2D eigenvalue weighted by Crippen LogP contribution is 2.37. The van der Waals surface area contributed by atoms with Gasteiger partial charge < -0.3 is 5.32 Å². The third-order valence-electron chi connectivity index (χ3n) is 4.18. The van der Waals surface area contributed by atoms with Gasteiger partial charge in [-0.3, -0.25) is 4.90 Å². The van der Waals surface area contributed by atoms with E-state index in [0.29, 0.717) is 0 Å². The second kappa shape index (κ2) is 6.02. The highest BCUT2D eigenvalue weighted by molar-refractivity contribution is 4.89. The maximum absolute atomic E-state index is 3.64. The Balaban J connectivity index is 1.86.